The number of aromatic amines is 1. The van der Waals surface area contributed by atoms with Crippen molar-refractivity contribution in [1.29, 1.82) is 0 Å². The van der Waals surface area contributed by atoms with E-state index in [2.05, 4.69) is 47.3 Å². The van der Waals surface area contributed by atoms with Gasteiger partial charge in [0.1, 0.15) is 0 Å². The number of carbonyl (C=O) groups excluding carboxylic acids is 1. The van der Waals surface area contributed by atoms with Gasteiger partial charge in [-0.05, 0) is 24.5 Å². The number of fused-ring (bicyclic) bond motifs is 5. The van der Waals surface area contributed by atoms with Gasteiger partial charge in [-0.25, -0.2) is 4.79 Å². The lowest BCUT2D eigenvalue weighted by Gasteiger charge is -2.43. The normalized spacial score (nSPS) is 23.6. The highest BCUT2D eigenvalue weighted by Gasteiger charge is 2.39. The standard InChI is InChI=1S/C20H22N2O2/c1-12-11-22-9-8-15-14-6-4-5-7-17(14)21-19(15)18(22)10-16(12)13(2)20(23)24-3/h4-7,16,18,21H,1-2,8-11H2,3H3/t16?,18-/m0/s1. The molecule has 0 spiro atoms. The number of H-pyrrole nitrogens is 1. The van der Waals surface area contributed by atoms with E-state index in [1.165, 1.54) is 29.3 Å². The monoisotopic (exact) mass is 322 g/mol. The minimum atomic E-state index is -0.331. The van der Waals surface area contributed by atoms with Crippen LogP contribution in [0.3, 0.4) is 0 Å². The third-order valence-electron chi connectivity index (χ3n) is 5.50. The van der Waals surface area contributed by atoms with Crippen molar-refractivity contribution in [3.8, 4) is 0 Å². The third kappa shape index (κ3) is 2.21. The number of nitrogens with one attached hydrogen (secondary N) is 1. The number of benzene rings is 1. The number of esters is 1. The first kappa shape index (κ1) is 15.2. The Morgan fingerprint density at radius 3 is 2.96 bits per heavy atom. The zero-order valence-electron chi connectivity index (χ0n) is 14.0. The van der Waals surface area contributed by atoms with Gasteiger partial charge in [-0.15, -0.1) is 0 Å². The summed E-state index contributed by atoms with van der Waals surface area (Å²) in [4.78, 5) is 18.0. The number of nitrogens with zero attached hydrogens (tertiary/aromatic N) is 1. The molecule has 2 aliphatic rings. The van der Waals surface area contributed by atoms with E-state index in [0.717, 1.165) is 31.5 Å². The van der Waals surface area contributed by atoms with E-state index in [4.69, 9.17) is 4.74 Å². The van der Waals surface area contributed by atoms with Gasteiger partial charge in [0.2, 0.25) is 0 Å². The van der Waals surface area contributed by atoms with Crippen LogP contribution in [0.5, 0.6) is 0 Å². The Hall–Kier alpha value is -2.33. The van der Waals surface area contributed by atoms with Crippen LogP contribution in [0.15, 0.2) is 48.6 Å². The lowest BCUT2D eigenvalue weighted by atomic mass is 9.79. The summed E-state index contributed by atoms with van der Waals surface area (Å²) < 4.78 is 4.87. The topological polar surface area (TPSA) is 45.3 Å². The van der Waals surface area contributed by atoms with E-state index in [0.29, 0.717) is 5.57 Å². The maximum atomic E-state index is 11.9. The molecule has 0 aliphatic carbocycles. The van der Waals surface area contributed by atoms with E-state index in [1.807, 2.05) is 0 Å². The molecule has 1 unspecified atom stereocenters. The molecule has 1 aromatic heterocycles. The number of ether oxygens (including phenoxy) is 1. The number of hydrogen-bond donors (Lipinski definition) is 1. The first-order valence-corrected chi connectivity index (χ1v) is 8.38. The lowest BCUT2D eigenvalue weighted by molar-refractivity contribution is -0.136. The van der Waals surface area contributed by atoms with Gasteiger partial charge in [-0.3, -0.25) is 4.90 Å². The van der Waals surface area contributed by atoms with E-state index in [9.17, 15) is 4.79 Å². The predicted molar refractivity (Wildman–Crippen MR) is 94.7 cm³/mol. The van der Waals surface area contributed by atoms with Gasteiger partial charge in [-0.2, -0.15) is 0 Å². The molecule has 2 atom stereocenters. The van der Waals surface area contributed by atoms with E-state index < -0.39 is 0 Å². The highest BCUT2D eigenvalue weighted by atomic mass is 16.5. The molecular weight excluding hydrogens is 300 g/mol. The average Bonchev–Trinajstić information content (AvgIpc) is 2.98. The van der Waals surface area contributed by atoms with Crippen molar-refractivity contribution in [2.24, 2.45) is 5.92 Å². The summed E-state index contributed by atoms with van der Waals surface area (Å²) >= 11 is 0. The van der Waals surface area contributed by atoms with Crippen LogP contribution in [0, 0.1) is 5.92 Å². The molecule has 24 heavy (non-hydrogen) atoms. The average molecular weight is 322 g/mol. The Morgan fingerprint density at radius 2 is 2.17 bits per heavy atom. The maximum absolute atomic E-state index is 11.9. The van der Waals surface area contributed by atoms with Crippen molar-refractivity contribution in [2.45, 2.75) is 18.9 Å². The second-order valence-corrected chi connectivity index (χ2v) is 6.76. The number of rotatable bonds is 2. The molecule has 1 saturated heterocycles. The summed E-state index contributed by atoms with van der Waals surface area (Å²) in [5, 5.41) is 1.32. The Kier molecular flexibility index (Phi) is 3.57. The van der Waals surface area contributed by atoms with Crippen molar-refractivity contribution < 1.29 is 9.53 Å². The second-order valence-electron chi connectivity index (χ2n) is 6.76. The molecule has 2 aromatic rings. The molecular formula is C20H22N2O2. The number of aromatic nitrogens is 1. The number of para-hydroxylation sites is 1. The fourth-order valence-electron chi connectivity index (χ4n) is 4.25. The first-order chi connectivity index (χ1) is 11.6. The number of carbonyl (C=O) groups is 1. The van der Waals surface area contributed by atoms with Gasteiger partial charge in [0.15, 0.2) is 0 Å². The molecule has 0 radical (unpaired) electrons. The van der Waals surface area contributed by atoms with Gasteiger partial charge in [0, 0.05) is 41.2 Å². The Labute approximate surface area is 141 Å². The van der Waals surface area contributed by atoms with Gasteiger partial charge in [0.25, 0.3) is 0 Å². The Bertz CT molecular complexity index is 848. The van der Waals surface area contributed by atoms with Crippen molar-refractivity contribution in [2.75, 3.05) is 20.2 Å². The molecule has 0 saturated carbocycles. The summed E-state index contributed by atoms with van der Waals surface area (Å²) in [5.41, 5.74) is 5.48. The lowest BCUT2D eigenvalue weighted by Crippen LogP contribution is -2.43. The van der Waals surface area contributed by atoms with Gasteiger partial charge < -0.3 is 9.72 Å². The van der Waals surface area contributed by atoms with Gasteiger partial charge in [0.05, 0.1) is 13.2 Å². The molecule has 1 fully saturated rings. The van der Waals surface area contributed by atoms with Crippen LogP contribution in [0.2, 0.25) is 0 Å². The minimum absolute atomic E-state index is 0.0175. The third-order valence-corrected chi connectivity index (χ3v) is 5.50. The zero-order chi connectivity index (χ0) is 16.8. The predicted octanol–water partition coefficient (Wildman–Crippen LogP) is 3.37. The Morgan fingerprint density at radius 1 is 1.38 bits per heavy atom. The molecule has 1 N–H and O–H groups in total. The van der Waals surface area contributed by atoms with Crippen LogP contribution >= 0.6 is 0 Å². The SMILES string of the molecule is C=C1CN2CCc3c([nH]c4ccccc34)[C@@H]2CC1C(=C)C(=O)OC. The summed E-state index contributed by atoms with van der Waals surface area (Å²) in [7, 11) is 1.40. The summed E-state index contributed by atoms with van der Waals surface area (Å²) in [5.74, 6) is -0.349. The molecule has 3 heterocycles. The zero-order valence-corrected chi connectivity index (χ0v) is 14.0. The molecule has 124 valence electrons. The van der Waals surface area contributed by atoms with Crippen LogP contribution in [-0.4, -0.2) is 36.1 Å². The largest absolute Gasteiger partial charge is 0.466 e. The van der Waals surface area contributed by atoms with E-state index in [1.54, 1.807) is 0 Å². The maximum Gasteiger partial charge on any atom is 0.333 e. The van der Waals surface area contributed by atoms with Crippen LogP contribution in [0.25, 0.3) is 10.9 Å². The van der Waals surface area contributed by atoms with Crippen LogP contribution in [0.4, 0.5) is 0 Å². The van der Waals surface area contributed by atoms with Crippen molar-refractivity contribution in [1.82, 2.24) is 9.88 Å². The van der Waals surface area contributed by atoms with Gasteiger partial charge >= 0.3 is 5.97 Å². The van der Waals surface area contributed by atoms with Crippen LogP contribution in [-0.2, 0) is 16.0 Å². The molecule has 2 aliphatic heterocycles. The highest BCUT2D eigenvalue weighted by molar-refractivity contribution is 5.89. The summed E-state index contributed by atoms with van der Waals surface area (Å²) in [6, 6.07) is 8.75. The first-order valence-electron chi connectivity index (χ1n) is 8.38. The summed E-state index contributed by atoms with van der Waals surface area (Å²) in [6.45, 7) is 10.0. The fourth-order valence-corrected chi connectivity index (χ4v) is 4.25. The van der Waals surface area contributed by atoms with Crippen molar-refractivity contribution in [3.05, 3.63) is 59.8 Å². The smallest absolute Gasteiger partial charge is 0.333 e. The minimum Gasteiger partial charge on any atom is -0.466 e. The molecule has 1 aromatic carbocycles. The van der Waals surface area contributed by atoms with E-state index >= 15 is 0 Å². The number of piperidine rings is 1. The summed E-state index contributed by atoms with van der Waals surface area (Å²) in [6.07, 6.45) is 1.87. The molecule has 0 amide bonds. The fraction of sp³-hybridized carbons (Fsp3) is 0.350. The molecule has 4 heteroatoms. The molecule has 4 nitrogen and oxygen atoms in total. The van der Waals surface area contributed by atoms with Crippen molar-refractivity contribution >= 4 is 16.9 Å². The quantitative estimate of drug-likeness (QED) is 0.524. The molecule has 4 rings (SSSR count). The van der Waals surface area contributed by atoms with Gasteiger partial charge in [-0.1, -0.05) is 36.9 Å². The highest BCUT2D eigenvalue weighted by Crippen LogP contribution is 2.44. The van der Waals surface area contributed by atoms with Crippen molar-refractivity contribution in [3.63, 3.8) is 0 Å². The van der Waals surface area contributed by atoms with Crippen LogP contribution < -0.4 is 0 Å². The second kappa shape index (κ2) is 5.64. The molecule has 0 bridgehead atoms. The van der Waals surface area contributed by atoms with Crippen LogP contribution in [0.1, 0.15) is 23.7 Å². The number of methoxy groups -OCH3 is 1. The Balaban J connectivity index is 1.72. The number of hydrogen-bond acceptors (Lipinski definition) is 3. The van der Waals surface area contributed by atoms with E-state index in [-0.39, 0.29) is 17.9 Å².